The number of benzene rings is 1. The molecular weight excluding hydrogens is 232 g/mol. The van der Waals surface area contributed by atoms with E-state index >= 15 is 0 Å². The maximum Gasteiger partial charge on any atom is 0.308 e. The monoisotopic (exact) mass is 248 g/mol. The molecule has 0 atom stereocenters. The van der Waals surface area contributed by atoms with Crippen molar-refractivity contribution in [1.82, 2.24) is 0 Å². The molecular formula is C14H16O4. The Morgan fingerprint density at radius 1 is 1.00 bits per heavy atom. The van der Waals surface area contributed by atoms with Gasteiger partial charge in [0.25, 0.3) is 0 Å². The molecule has 0 saturated carbocycles. The Hall–Kier alpha value is -1.84. The number of carbonyl (C=O) groups is 2. The Kier molecular flexibility index (Phi) is 3.65. The van der Waals surface area contributed by atoms with E-state index in [2.05, 4.69) is 0 Å². The molecule has 0 spiro atoms. The lowest BCUT2D eigenvalue weighted by molar-refractivity contribution is -0.134. The van der Waals surface area contributed by atoms with Gasteiger partial charge in [-0.25, -0.2) is 0 Å². The van der Waals surface area contributed by atoms with E-state index in [1.807, 2.05) is 6.07 Å². The fourth-order valence-electron chi connectivity index (χ4n) is 2.26. The van der Waals surface area contributed by atoms with Gasteiger partial charge in [-0.15, -0.1) is 0 Å². The van der Waals surface area contributed by atoms with Crippen LogP contribution in [0.5, 0.6) is 11.5 Å². The molecule has 0 aromatic heterocycles. The number of aryl methyl sites for hydroxylation is 1. The summed E-state index contributed by atoms with van der Waals surface area (Å²) < 4.78 is 10.3. The van der Waals surface area contributed by atoms with Crippen LogP contribution in [0.15, 0.2) is 12.1 Å². The van der Waals surface area contributed by atoms with Gasteiger partial charge in [0.2, 0.25) is 0 Å². The maximum absolute atomic E-state index is 11.2. The van der Waals surface area contributed by atoms with Crippen molar-refractivity contribution in [2.24, 2.45) is 0 Å². The minimum Gasteiger partial charge on any atom is -0.423 e. The molecule has 96 valence electrons. The number of hydrogen-bond donors (Lipinski definition) is 0. The first-order valence-corrected chi connectivity index (χ1v) is 6.09. The second-order valence-corrected chi connectivity index (χ2v) is 4.42. The average Bonchev–Trinajstić information content (AvgIpc) is 2.31. The Morgan fingerprint density at radius 3 is 2.33 bits per heavy atom. The van der Waals surface area contributed by atoms with E-state index in [4.69, 9.17) is 9.47 Å². The van der Waals surface area contributed by atoms with Crippen molar-refractivity contribution in [2.75, 3.05) is 0 Å². The molecule has 1 aliphatic rings. The predicted molar refractivity (Wildman–Crippen MR) is 65.7 cm³/mol. The van der Waals surface area contributed by atoms with Crippen LogP contribution in [0.3, 0.4) is 0 Å². The van der Waals surface area contributed by atoms with Crippen molar-refractivity contribution in [1.29, 1.82) is 0 Å². The van der Waals surface area contributed by atoms with E-state index in [1.54, 1.807) is 6.07 Å². The maximum atomic E-state index is 11.2. The highest BCUT2D eigenvalue weighted by Gasteiger charge is 2.20. The van der Waals surface area contributed by atoms with Crippen molar-refractivity contribution >= 4 is 11.9 Å². The van der Waals surface area contributed by atoms with Crippen LogP contribution in [0.25, 0.3) is 0 Å². The molecule has 4 heteroatoms. The first-order valence-electron chi connectivity index (χ1n) is 6.09. The van der Waals surface area contributed by atoms with Crippen molar-refractivity contribution in [2.45, 2.75) is 39.5 Å². The van der Waals surface area contributed by atoms with Crippen LogP contribution in [-0.2, 0) is 22.4 Å². The molecule has 0 aliphatic heterocycles. The number of carbonyl (C=O) groups excluding carboxylic acids is 2. The molecule has 0 heterocycles. The highest BCUT2D eigenvalue weighted by Crippen LogP contribution is 2.37. The van der Waals surface area contributed by atoms with Crippen molar-refractivity contribution < 1.29 is 19.1 Å². The van der Waals surface area contributed by atoms with Gasteiger partial charge in [-0.3, -0.25) is 9.59 Å². The fourth-order valence-corrected chi connectivity index (χ4v) is 2.26. The van der Waals surface area contributed by atoms with Crippen LogP contribution in [0.2, 0.25) is 0 Å². The first-order chi connectivity index (χ1) is 8.58. The van der Waals surface area contributed by atoms with E-state index in [1.165, 1.54) is 19.4 Å². The average molecular weight is 248 g/mol. The highest BCUT2D eigenvalue weighted by molar-refractivity contribution is 5.75. The first kappa shape index (κ1) is 12.6. The third kappa shape index (κ3) is 2.70. The van der Waals surface area contributed by atoms with Crippen LogP contribution >= 0.6 is 0 Å². The zero-order valence-corrected chi connectivity index (χ0v) is 10.6. The summed E-state index contributed by atoms with van der Waals surface area (Å²) in [6.45, 7) is 2.68. The Balaban J connectivity index is 2.45. The smallest absolute Gasteiger partial charge is 0.308 e. The SMILES string of the molecule is CC(=O)Oc1ccc2c(c1OC(C)=O)CCCC2. The summed E-state index contributed by atoms with van der Waals surface area (Å²) in [7, 11) is 0. The molecule has 0 radical (unpaired) electrons. The van der Waals surface area contributed by atoms with Crippen LogP contribution in [0.1, 0.15) is 37.8 Å². The fraction of sp³-hybridized carbons (Fsp3) is 0.429. The Labute approximate surface area is 106 Å². The minimum atomic E-state index is -0.417. The van der Waals surface area contributed by atoms with Gasteiger partial charge in [0, 0.05) is 19.4 Å². The Morgan fingerprint density at radius 2 is 1.67 bits per heavy atom. The zero-order valence-electron chi connectivity index (χ0n) is 10.6. The molecule has 0 bridgehead atoms. The highest BCUT2D eigenvalue weighted by atomic mass is 16.6. The van der Waals surface area contributed by atoms with Gasteiger partial charge < -0.3 is 9.47 Å². The molecule has 0 saturated heterocycles. The topological polar surface area (TPSA) is 52.6 Å². The van der Waals surface area contributed by atoms with Crippen molar-refractivity contribution in [3.63, 3.8) is 0 Å². The summed E-state index contributed by atoms with van der Waals surface area (Å²) >= 11 is 0. The van der Waals surface area contributed by atoms with Gasteiger partial charge in [-0.2, -0.15) is 0 Å². The van der Waals surface area contributed by atoms with Gasteiger partial charge >= 0.3 is 11.9 Å². The number of esters is 2. The van der Waals surface area contributed by atoms with E-state index in [-0.39, 0.29) is 0 Å². The number of rotatable bonds is 2. The van der Waals surface area contributed by atoms with Crippen LogP contribution in [-0.4, -0.2) is 11.9 Å². The molecule has 1 aromatic carbocycles. The molecule has 18 heavy (non-hydrogen) atoms. The van der Waals surface area contributed by atoms with Gasteiger partial charge in [0.05, 0.1) is 0 Å². The molecule has 1 aromatic rings. The van der Waals surface area contributed by atoms with E-state index in [0.29, 0.717) is 11.5 Å². The second-order valence-electron chi connectivity index (χ2n) is 4.42. The van der Waals surface area contributed by atoms with E-state index in [9.17, 15) is 9.59 Å². The lowest BCUT2D eigenvalue weighted by Gasteiger charge is -2.20. The third-order valence-corrected chi connectivity index (χ3v) is 2.94. The van der Waals surface area contributed by atoms with Gasteiger partial charge in [-0.1, -0.05) is 6.07 Å². The molecule has 4 nitrogen and oxygen atoms in total. The van der Waals surface area contributed by atoms with Crippen LogP contribution in [0.4, 0.5) is 0 Å². The number of hydrogen-bond acceptors (Lipinski definition) is 4. The summed E-state index contributed by atoms with van der Waals surface area (Å²) in [5.41, 5.74) is 2.17. The van der Waals surface area contributed by atoms with Gasteiger partial charge in [0.15, 0.2) is 11.5 Å². The van der Waals surface area contributed by atoms with Crippen LogP contribution < -0.4 is 9.47 Å². The Bertz CT molecular complexity index is 491. The minimum absolute atomic E-state index is 0.332. The summed E-state index contributed by atoms with van der Waals surface area (Å²) in [4.78, 5) is 22.2. The van der Waals surface area contributed by atoms with Crippen molar-refractivity contribution in [3.05, 3.63) is 23.3 Å². The number of ether oxygens (including phenoxy) is 2. The summed E-state index contributed by atoms with van der Waals surface area (Å²) in [6, 6.07) is 3.64. The number of fused-ring (bicyclic) bond motifs is 1. The summed E-state index contributed by atoms with van der Waals surface area (Å²) in [5, 5.41) is 0. The third-order valence-electron chi connectivity index (χ3n) is 2.94. The molecule has 0 unspecified atom stereocenters. The lowest BCUT2D eigenvalue weighted by Crippen LogP contribution is -2.12. The van der Waals surface area contributed by atoms with Crippen molar-refractivity contribution in [3.8, 4) is 11.5 Å². The van der Waals surface area contributed by atoms with Crippen LogP contribution in [0, 0.1) is 0 Å². The normalized spacial score (nSPS) is 13.7. The molecule has 2 rings (SSSR count). The molecule has 0 amide bonds. The standard InChI is InChI=1S/C14H16O4/c1-9(15)17-13-8-7-11-5-3-4-6-12(11)14(13)18-10(2)16/h7-8H,3-6H2,1-2H3. The van der Waals surface area contributed by atoms with Gasteiger partial charge in [0.1, 0.15) is 0 Å². The zero-order chi connectivity index (χ0) is 13.1. The lowest BCUT2D eigenvalue weighted by atomic mass is 9.91. The predicted octanol–water partition coefficient (Wildman–Crippen LogP) is 2.42. The largest absolute Gasteiger partial charge is 0.423 e. The summed E-state index contributed by atoms with van der Waals surface area (Å²) in [6.07, 6.45) is 4.03. The molecule has 0 N–H and O–H groups in total. The van der Waals surface area contributed by atoms with E-state index < -0.39 is 11.9 Å². The molecule has 0 fully saturated rings. The molecule has 1 aliphatic carbocycles. The van der Waals surface area contributed by atoms with E-state index in [0.717, 1.165) is 31.2 Å². The quantitative estimate of drug-likeness (QED) is 0.595. The van der Waals surface area contributed by atoms with Gasteiger partial charge in [-0.05, 0) is 37.3 Å². The summed E-state index contributed by atoms with van der Waals surface area (Å²) in [5.74, 6) is -0.0743. The second kappa shape index (κ2) is 5.21.